The highest BCUT2D eigenvalue weighted by Crippen LogP contribution is 2.39. The molecular formula is C18H28N4O3. The molecule has 1 aliphatic carbocycles. The van der Waals surface area contributed by atoms with Crippen molar-refractivity contribution >= 4 is 11.8 Å². The van der Waals surface area contributed by atoms with Gasteiger partial charge in [0.25, 0.3) is 0 Å². The SMILES string of the molecule is CC(C#N)(NC(=O)CN1CCC(C(=O)N2CCOCC2)CC1)C1CC1. The number of carbonyl (C=O) groups is 2. The number of ether oxygens (including phenoxy) is 1. The monoisotopic (exact) mass is 348 g/mol. The zero-order valence-corrected chi connectivity index (χ0v) is 15.0. The molecule has 2 amide bonds. The minimum Gasteiger partial charge on any atom is -0.378 e. The highest BCUT2D eigenvalue weighted by molar-refractivity contribution is 5.80. The molecule has 2 saturated heterocycles. The second-order valence-corrected chi connectivity index (χ2v) is 7.62. The second-order valence-electron chi connectivity index (χ2n) is 7.62. The summed E-state index contributed by atoms with van der Waals surface area (Å²) < 4.78 is 5.30. The molecular weight excluding hydrogens is 320 g/mol. The number of nitriles is 1. The molecule has 2 aliphatic heterocycles. The first-order valence-corrected chi connectivity index (χ1v) is 9.33. The van der Waals surface area contributed by atoms with Crippen molar-refractivity contribution in [1.29, 1.82) is 5.26 Å². The molecule has 1 N–H and O–H groups in total. The topological polar surface area (TPSA) is 85.7 Å². The van der Waals surface area contributed by atoms with Gasteiger partial charge in [-0.1, -0.05) is 0 Å². The Balaban J connectivity index is 1.42. The van der Waals surface area contributed by atoms with Gasteiger partial charge in [0.2, 0.25) is 11.8 Å². The summed E-state index contributed by atoms with van der Waals surface area (Å²) in [5.74, 6) is 0.499. The predicted octanol–water partition coefficient (Wildman–Crippen LogP) is 0.366. The molecule has 1 saturated carbocycles. The average molecular weight is 348 g/mol. The van der Waals surface area contributed by atoms with E-state index in [1.165, 1.54) is 0 Å². The van der Waals surface area contributed by atoms with Crippen molar-refractivity contribution < 1.29 is 14.3 Å². The van der Waals surface area contributed by atoms with E-state index in [-0.39, 0.29) is 17.7 Å². The standard InChI is InChI=1S/C18H28N4O3/c1-18(13-19,15-2-3-15)20-16(23)12-21-6-4-14(5-7-21)17(24)22-8-10-25-11-9-22/h14-15H,2-12H2,1H3,(H,20,23). The van der Waals surface area contributed by atoms with Crippen molar-refractivity contribution in [2.45, 2.75) is 38.1 Å². The fraction of sp³-hybridized carbons (Fsp3) is 0.833. The van der Waals surface area contributed by atoms with Gasteiger partial charge in [-0.2, -0.15) is 5.26 Å². The van der Waals surface area contributed by atoms with Gasteiger partial charge in [0.15, 0.2) is 0 Å². The van der Waals surface area contributed by atoms with Crippen LogP contribution in [-0.2, 0) is 14.3 Å². The van der Waals surface area contributed by atoms with Crippen LogP contribution in [0.1, 0.15) is 32.6 Å². The van der Waals surface area contributed by atoms with Crippen LogP contribution in [0.15, 0.2) is 0 Å². The fourth-order valence-corrected chi connectivity index (χ4v) is 3.79. The van der Waals surface area contributed by atoms with Gasteiger partial charge in [-0.05, 0) is 51.6 Å². The van der Waals surface area contributed by atoms with E-state index in [2.05, 4.69) is 16.3 Å². The van der Waals surface area contributed by atoms with Gasteiger partial charge in [-0.3, -0.25) is 14.5 Å². The summed E-state index contributed by atoms with van der Waals surface area (Å²) >= 11 is 0. The van der Waals surface area contributed by atoms with Crippen LogP contribution in [-0.4, -0.2) is 73.1 Å². The van der Waals surface area contributed by atoms with E-state index in [0.717, 1.165) is 38.8 Å². The molecule has 1 unspecified atom stereocenters. The maximum Gasteiger partial charge on any atom is 0.235 e. The van der Waals surface area contributed by atoms with Crippen LogP contribution in [0.3, 0.4) is 0 Å². The van der Waals surface area contributed by atoms with Crippen molar-refractivity contribution in [3.05, 3.63) is 0 Å². The van der Waals surface area contributed by atoms with E-state index < -0.39 is 5.54 Å². The maximum absolute atomic E-state index is 12.5. The Hall–Kier alpha value is -1.65. The highest BCUT2D eigenvalue weighted by Gasteiger charge is 2.43. The molecule has 0 aromatic rings. The number of nitrogens with zero attached hydrogens (tertiary/aromatic N) is 3. The minimum absolute atomic E-state index is 0.0632. The lowest BCUT2D eigenvalue weighted by atomic mass is 9.95. The molecule has 0 spiro atoms. The number of morpholine rings is 1. The van der Waals surface area contributed by atoms with E-state index in [0.29, 0.717) is 38.8 Å². The lowest BCUT2D eigenvalue weighted by Crippen LogP contribution is -2.52. The first-order valence-electron chi connectivity index (χ1n) is 9.33. The number of hydrogen-bond acceptors (Lipinski definition) is 5. The van der Waals surface area contributed by atoms with Crippen molar-refractivity contribution in [3.8, 4) is 6.07 Å². The molecule has 25 heavy (non-hydrogen) atoms. The molecule has 2 heterocycles. The summed E-state index contributed by atoms with van der Waals surface area (Å²) in [5, 5.41) is 12.2. The molecule has 0 aromatic heterocycles. The Kier molecular flexibility index (Phi) is 5.60. The number of carbonyl (C=O) groups excluding carboxylic acids is 2. The van der Waals surface area contributed by atoms with Gasteiger partial charge in [0.05, 0.1) is 25.8 Å². The largest absolute Gasteiger partial charge is 0.378 e. The van der Waals surface area contributed by atoms with Crippen LogP contribution in [0, 0.1) is 23.2 Å². The molecule has 1 atom stereocenters. The van der Waals surface area contributed by atoms with Crippen molar-refractivity contribution in [3.63, 3.8) is 0 Å². The molecule has 0 aromatic carbocycles. The van der Waals surface area contributed by atoms with Crippen LogP contribution in [0.25, 0.3) is 0 Å². The Morgan fingerprint density at radius 3 is 2.36 bits per heavy atom. The summed E-state index contributed by atoms with van der Waals surface area (Å²) in [6, 6.07) is 2.26. The van der Waals surface area contributed by atoms with E-state index >= 15 is 0 Å². The Bertz CT molecular complexity index is 543. The van der Waals surface area contributed by atoms with Gasteiger partial charge < -0.3 is 15.0 Å². The third kappa shape index (κ3) is 4.50. The molecule has 7 heteroatoms. The van der Waals surface area contributed by atoms with Crippen LogP contribution < -0.4 is 5.32 Å². The first-order chi connectivity index (χ1) is 12.0. The van der Waals surface area contributed by atoms with Crippen molar-refractivity contribution in [1.82, 2.24) is 15.1 Å². The summed E-state index contributed by atoms with van der Waals surface area (Å²) in [6.07, 6.45) is 3.61. The minimum atomic E-state index is -0.734. The van der Waals surface area contributed by atoms with E-state index in [1.54, 1.807) is 0 Å². The van der Waals surface area contributed by atoms with Crippen LogP contribution in [0.4, 0.5) is 0 Å². The number of amides is 2. The zero-order valence-electron chi connectivity index (χ0n) is 15.0. The number of rotatable bonds is 5. The smallest absolute Gasteiger partial charge is 0.235 e. The fourth-order valence-electron chi connectivity index (χ4n) is 3.79. The highest BCUT2D eigenvalue weighted by atomic mass is 16.5. The van der Waals surface area contributed by atoms with Crippen molar-refractivity contribution in [2.24, 2.45) is 11.8 Å². The maximum atomic E-state index is 12.5. The summed E-state index contributed by atoms with van der Waals surface area (Å²) in [4.78, 5) is 28.8. The summed E-state index contributed by atoms with van der Waals surface area (Å²) in [5.41, 5.74) is -0.734. The number of likely N-dealkylation sites (tertiary alicyclic amines) is 1. The molecule has 138 valence electrons. The lowest BCUT2D eigenvalue weighted by Gasteiger charge is -2.35. The number of piperidine rings is 1. The average Bonchev–Trinajstić information content (AvgIpc) is 3.48. The summed E-state index contributed by atoms with van der Waals surface area (Å²) in [6.45, 7) is 6.26. The van der Waals surface area contributed by atoms with Gasteiger partial charge in [0.1, 0.15) is 5.54 Å². The van der Waals surface area contributed by atoms with Gasteiger partial charge in [-0.25, -0.2) is 0 Å². The Morgan fingerprint density at radius 2 is 1.80 bits per heavy atom. The van der Waals surface area contributed by atoms with Gasteiger partial charge in [0, 0.05) is 19.0 Å². The molecule has 0 radical (unpaired) electrons. The molecule has 3 aliphatic rings. The number of nitrogens with one attached hydrogen (secondary N) is 1. The van der Waals surface area contributed by atoms with E-state index in [1.807, 2.05) is 11.8 Å². The van der Waals surface area contributed by atoms with Gasteiger partial charge >= 0.3 is 0 Å². The third-order valence-corrected chi connectivity index (χ3v) is 5.65. The van der Waals surface area contributed by atoms with Crippen molar-refractivity contribution in [2.75, 3.05) is 45.9 Å². The van der Waals surface area contributed by atoms with E-state index in [9.17, 15) is 14.9 Å². The van der Waals surface area contributed by atoms with E-state index in [4.69, 9.17) is 4.74 Å². The third-order valence-electron chi connectivity index (χ3n) is 5.65. The second kappa shape index (κ2) is 7.71. The van der Waals surface area contributed by atoms with Crippen LogP contribution in [0.2, 0.25) is 0 Å². The molecule has 0 bridgehead atoms. The zero-order chi connectivity index (χ0) is 17.9. The van der Waals surface area contributed by atoms with Crippen LogP contribution in [0.5, 0.6) is 0 Å². The van der Waals surface area contributed by atoms with Crippen LogP contribution >= 0.6 is 0 Å². The number of hydrogen-bond donors (Lipinski definition) is 1. The quantitative estimate of drug-likeness (QED) is 0.776. The van der Waals surface area contributed by atoms with Gasteiger partial charge in [-0.15, -0.1) is 0 Å². The predicted molar refractivity (Wildman–Crippen MR) is 91.4 cm³/mol. The normalized spacial score (nSPS) is 25.0. The Morgan fingerprint density at radius 1 is 1.16 bits per heavy atom. The Labute approximate surface area is 149 Å². The lowest BCUT2D eigenvalue weighted by molar-refractivity contribution is -0.141. The summed E-state index contributed by atoms with van der Waals surface area (Å²) in [7, 11) is 0. The first kappa shape index (κ1) is 18.2. The molecule has 7 nitrogen and oxygen atoms in total. The molecule has 3 fully saturated rings. The molecule has 3 rings (SSSR count).